The Bertz CT molecular complexity index is 1640. The fourth-order valence-electron chi connectivity index (χ4n) is 5.62. The number of nitriles is 1. The number of amides is 3. The Kier molecular flexibility index (Phi) is 8.87. The first-order valence-electron chi connectivity index (χ1n) is 13.9. The lowest BCUT2D eigenvalue weighted by Crippen LogP contribution is -2.53. The van der Waals surface area contributed by atoms with Crippen LogP contribution in [0.1, 0.15) is 55.7 Å². The van der Waals surface area contributed by atoms with Crippen molar-refractivity contribution in [2.75, 3.05) is 9.80 Å². The Morgan fingerprint density at radius 2 is 1.82 bits per heavy atom. The Hall–Kier alpha value is -4.50. The van der Waals surface area contributed by atoms with Gasteiger partial charge in [0.25, 0.3) is 5.91 Å². The quantitative estimate of drug-likeness (QED) is 0.331. The maximum atomic E-state index is 15.2. The number of rotatable bonds is 7. The first-order valence-corrected chi connectivity index (χ1v) is 14.3. The molecule has 1 aliphatic heterocycles. The van der Waals surface area contributed by atoms with Gasteiger partial charge >= 0.3 is 0 Å². The molecule has 1 N–H and O–H groups in total. The van der Waals surface area contributed by atoms with Gasteiger partial charge in [0, 0.05) is 47.8 Å². The zero-order valence-corrected chi connectivity index (χ0v) is 23.9. The Morgan fingerprint density at radius 1 is 1.09 bits per heavy atom. The van der Waals surface area contributed by atoms with E-state index in [1.165, 1.54) is 24.3 Å². The second kappa shape index (κ2) is 12.6. The van der Waals surface area contributed by atoms with Crippen molar-refractivity contribution in [3.63, 3.8) is 0 Å². The molecular formula is C31H26ClF4N5O3. The van der Waals surface area contributed by atoms with Crippen LogP contribution >= 0.6 is 11.6 Å². The normalized spacial score (nSPS) is 18.9. The summed E-state index contributed by atoms with van der Waals surface area (Å²) >= 11 is 6.53. The third kappa shape index (κ3) is 6.24. The van der Waals surface area contributed by atoms with Crippen LogP contribution in [0.2, 0.25) is 5.02 Å². The van der Waals surface area contributed by atoms with Gasteiger partial charge in [0.05, 0.1) is 5.56 Å². The van der Waals surface area contributed by atoms with Gasteiger partial charge in [-0.15, -0.1) is 0 Å². The third-order valence-corrected chi connectivity index (χ3v) is 8.15. The number of pyridine rings is 1. The SMILES string of the molecule is N#Cc1ccnc(N2C(=O)CC[C@H]2C(=O)N(c2cccc(F)c2)[C@H](C(=O)NC2CCC(F)(F)CC2)c2ccccc2Cl)c1F. The molecule has 1 saturated heterocycles. The van der Waals surface area contributed by atoms with Crippen LogP contribution in [-0.4, -0.2) is 40.7 Å². The molecule has 2 aliphatic rings. The number of aromatic nitrogens is 1. The Labute approximate surface area is 255 Å². The largest absolute Gasteiger partial charge is 0.351 e. The summed E-state index contributed by atoms with van der Waals surface area (Å²) in [6.45, 7) is 0. The highest BCUT2D eigenvalue weighted by molar-refractivity contribution is 6.31. The molecule has 3 amide bonds. The summed E-state index contributed by atoms with van der Waals surface area (Å²) in [6.07, 6.45) is -0.0238. The van der Waals surface area contributed by atoms with E-state index in [4.69, 9.17) is 11.6 Å². The summed E-state index contributed by atoms with van der Waals surface area (Å²) in [4.78, 5) is 47.4. The minimum Gasteiger partial charge on any atom is -0.351 e. The van der Waals surface area contributed by atoms with Crippen LogP contribution in [0.25, 0.3) is 0 Å². The van der Waals surface area contributed by atoms with Gasteiger partial charge in [-0.3, -0.25) is 24.2 Å². The molecule has 0 spiro atoms. The van der Waals surface area contributed by atoms with Crippen molar-refractivity contribution < 1.29 is 31.9 Å². The molecule has 0 bridgehead atoms. The number of anilines is 2. The molecule has 0 radical (unpaired) electrons. The van der Waals surface area contributed by atoms with E-state index in [-0.39, 0.29) is 42.0 Å². The molecule has 0 unspecified atom stereocenters. The average Bonchev–Trinajstić information content (AvgIpc) is 3.38. The van der Waals surface area contributed by atoms with Crippen molar-refractivity contribution >= 4 is 40.8 Å². The summed E-state index contributed by atoms with van der Waals surface area (Å²) in [6, 6.07) is 10.3. The van der Waals surface area contributed by atoms with Gasteiger partial charge in [-0.1, -0.05) is 35.9 Å². The van der Waals surface area contributed by atoms with E-state index in [0.29, 0.717) is 0 Å². The fraction of sp³-hybridized carbons (Fsp3) is 0.323. The molecular weight excluding hydrogens is 602 g/mol. The number of benzene rings is 2. The summed E-state index contributed by atoms with van der Waals surface area (Å²) in [5, 5.41) is 12.2. The number of nitrogens with zero attached hydrogens (tertiary/aromatic N) is 4. The predicted molar refractivity (Wildman–Crippen MR) is 153 cm³/mol. The smallest absolute Gasteiger partial charge is 0.251 e. The zero-order chi connectivity index (χ0) is 31.6. The van der Waals surface area contributed by atoms with Gasteiger partial charge < -0.3 is 5.32 Å². The van der Waals surface area contributed by atoms with Gasteiger partial charge in [-0.25, -0.2) is 22.5 Å². The van der Waals surface area contributed by atoms with Crippen molar-refractivity contribution in [1.29, 1.82) is 5.26 Å². The maximum Gasteiger partial charge on any atom is 0.251 e. The third-order valence-electron chi connectivity index (χ3n) is 7.81. The fourth-order valence-corrected chi connectivity index (χ4v) is 5.86. The van der Waals surface area contributed by atoms with Crippen LogP contribution in [0, 0.1) is 23.0 Å². The molecule has 8 nitrogen and oxygen atoms in total. The van der Waals surface area contributed by atoms with E-state index in [0.717, 1.165) is 34.2 Å². The molecule has 2 aromatic carbocycles. The highest BCUT2D eigenvalue weighted by Gasteiger charge is 2.46. The highest BCUT2D eigenvalue weighted by atomic mass is 35.5. The molecule has 2 fully saturated rings. The molecule has 2 heterocycles. The van der Waals surface area contributed by atoms with Crippen molar-refractivity contribution in [2.24, 2.45) is 0 Å². The van der Waals surface area contributed by atoms with Crippen LogP contribution < -0.4 is 15.1 Å². The van der Waals surface area contributed by atoms with Crippen LogP contribution in [0.4, 0.5) is 29.1 Å². The van der Waals surface area contributed by atoms with E-state index in [2.05, 4.69) is 10.3 Å². The number of hydrogen-bond donors (Lipinski definition) is 1. The molecule has 5 rings (SSSR count). The number of alkyl halides is 2. The minimum absolute atomic E-state index is 0.00697. The first-order chi connectivity index (χ1) is 21.0. The van der Waals surface area contributed by atoms with E-state index < -0.39 is 77.6 Å². The lowest BCUT2D eigenvalue weighted by atomic mass is 9.91. The lowest BCUT2D eigenvalue weighted by molar-refractivity contribution is -0.128. The van der Waals surface area contributed by atoms with Crippen LogP contribution in [0.15, 0.2) is 60.8 Å². The van der Waals surface area contributed by atoms with E-state index >= 15 is 4.39 Å². The van der Waals surface area contributed by atoms with Gasteiger partial charge in [0.2, 0.25) is 17.7 Å². The van der Waals surface area contributed by atoms with Gasteiger partial charge in [-0.2, -0.15) is 5.26 Å². The van der Waals surface area contributed by atoms with Gasteiger partial charge in [0.1, 0.15) is 24.0 Å². The lowest BCUT2D eigenvalue weighted by Gasteiger charge is -2.37. The van der Waals surface area contributed by atoms with Crippen LogP contribution in [0.5, 0.6) is 0 Å². The molecule has 3 aromatic rings. The van der Waals surface area contributed by atoms with Crippen LogP contribution in [0.3, 0.4) is 0 Å². The monoisotopic (exact) mass is 627 g/mol. The van der Waals surface area contributed by atoms with E-state index in [1.807, 2.05) is 0 Å². The molecule has 1 saturated carbocycles. The Balaban J connectivity index is 1.61. The number of carbonyl (C=O) groups is 3. The molecule has 2 atom stereocenters. The summed E-state index contributed by atoms with van der Waals surface area (Å²) in [7, 11) is 0. The highest BCUT2D eigenvalue weighted by Crippen LogP contribution is 2.38. The van der Waals surface area contributed by atoms with E-state index in [1.54, 1.807) is 18.2 Å². The average molecular weight is 628 g/mol. The summed E-state index contributed by atoms with van der Waals surface area (Å²) in [5.41, 5.74) is -0.310. The molecule has 44 heavy (non-hydrogen) atoms. The second-order valence-electron chi connectivity index (χ2n) is 10.7. The van der Waals surface area contributed by atoms with E-state index in [9.17, 15) is 32.8 Å². The van der Waals surface area contributed by atoms with Crippen molar-refractivity contribution in [1.82, 2.24) is 10.3 Å². The summed E-state index contributed by atoms with van der Waals surface area (Å²) in [5.74, 6) is -7.51. The van der Waals surface area contributed by atoms with Crippen molar-refractivity contribution in [2.45, 2.75) is 62.6 Å². The first kappa shape index (κ1) is 30.9. The maximum absolute atomic E-state index is 15.2. The predicted octanol–water partition coefficient (Wildman–Crippen LogP) is 5.85. The number of halogens is 5. The zero-order valence-electron chi connectivity index (χ0n) is 23.2. The molecule has 1 aromatic heterocycles. The van der Waals surface area contributed by atoms with Gasteiger partial charge in [0.15, 0.2) is 11.6 Å². The number of hydrogen-bond acceptors (Lipinski definition) is 5. The van der Waals surface area contributed by atoms with Crippen molar-refractivity contribution in [3.05, 3.63) is 88.6 Å². The topological polar surface area (TPSA) is 106 Å². The summed E-state index contributed by atoms with van der Waals surface area (Å²) < 4.78 is 57.5. The van der Waals surface area contributed by atoms with Gasteiger partial charge in [-0.05, 0) is 49.6 Å². The number of carbonyl (C=O) groups excluding carboxylic acids is 3. The standard InChI is InChI=1S/C31H26ClF4N5O3/c32-23-7-2-1-6-22(23)27(29(43)39-20-10-13-31(35,36)14-11-20)40(21-5-3-4-19(33)16-21)30(44)24-8-9-25(42)41(24)28-26(34)18(17-37)12-15-38-28/h1-7,12,15-16,20,24,27H,8-11,13-14H2,(H,39,43)/t24-,27-/m0/s1. The molecule has 1 aliphatic carbocycles. The second-order valence-corrected chi connectivity index (χ2v) is 11.1. The number of nitrogens with one attached hydrogen (secondary N) is 1. The van der Waals surface area contributed by atoms with Crippen LogP contribution in [-0.2, 0) is 14.4 Å². The molecule has 13 heteroatoms. The molecule has 228 valence electrons. The van der Waals surface area contributed by atoms with Crippen molar-refractivity contribution in [3.8, 4) is 6.07 Å². The Morgan fingerprint density at radius 3 is 2.50 bits per heavy atom. The minimum atomic E-state index is -2.85.